The summed E-state index contributed by atoms with van der Waals surface area (Å²) >= 11 is 0. The van der Waals surface area contributed by atoms with Crippen LogP contribution in [-0.2, 0) is 14.3 Å². The lowest BCUT2D eigenvalue weighted by molar-refractivity contribution is -0.145. The average molecular weight is 245 g/mol. The van der Waals surface area contributed by atoms with E-state index in [0.29, 0.717) is 19.6 Å². The van der Waals surface area contributed by atoms with Crippen LogP contribution in [0.25, 0.3) is 0 Å². The van der Waals surface area contributed by atoms with Crippen molar-refractivity contribution in [2.24, 2.45) is 5.92 Å². The number of amides is 1. The van der Waals surface area contributed by atoms with Gasteiger partial charge in [0.25, 0.3) is 0 Å². The lowest BCUT2D eigenvalue weighted by Crippen LogP contribution is -2.42. The van der Waals surface area contributed by atoms with Crippen molar-refractivity contribution < 1.29 is 19.1 Å². The summed E-state index contributed by atoms with van der Waals surface area (Å²) in [5.74, 6) is -0.135. The molecular formula is C12H23NO4. The molecule has 0 radical (unpaired) electrons. The highest BCUT2D eigenvalue weighted by molar-refractivity contribution is 5.81. The molecule has 0 aliphatic heterocycles. The summed E-state index contributed by atoms with van der Waals surface area (Å²) in [6.07, 6.45) is 0.772. The van der Waals surface area contributed by atoms with E-state index in [2.05, 4.69) is 5.32 Å². The maximum atomic E-state index is 11.5. The molecule has 17 heavy (non-hydrogen) atoms. The van der Waals surface area contributed by atoms with Crippen molar-refractivity contribution in [3.05, 3.63) is 0 Å². The normalized spacial score (nSPS) is 12.1. The van der Waals surface area contributed by atoms with E-state index in [0.717, 1.165) is 6.42 Å². The Morgan fingerprint density at radius 1 is 1.18 bits per heavy atom. The van der Waals surface area contributed by atoms with Crippen molar-refractivity contribution in [3.8, 4) is 0 Å². The number of nitrogens with one attached hydrogen (secondary N) is 1. The molecule has 0 fully saturated rings. The van der Waals surface area contributed by atoms with Gasteiger partial charge in [-0.1, -0.05) is 27.2 Å². The molecule has 1 atom stereocenters. The number of esters is 1. The molecule has 100 valence electrons. The molecule has 0 bridgehead atoms. The fourth-order valence-corrected chi connectivity index (χ4v) is 1.21. The highest BCUT2D eigenvalue weighted by Gasteiger charge is 2.21. The molecule has 1 N–H and O–H groups in total. The van der Waals surface area contributed by atoms with E-state index in [1.807, 2.05) is 20.8 Å². The van der Waals surface area contributed by atoms with Crippen LogP contribution in [0.2, 0.25) is 0 Å². The number of hydrogen-bond acceptors (Lipinski definition) is 4. The average Bonchev–Trinajstić information content (AvgIpc) is 2.26. The molecule has 0 aliphatic carbocycles. The van der Waals surface area contributed by atoms with Gasteiger partial charge in [0.05, 0.1) is 13.2 Å². The zero-order chi connectivity index (χ0) is 13.3. The van der Waals surface area contributed by atoms with Crippen molar-refractivity contribution in [3.63, 3.8) is 0 Å². The lowest BCUT2D eigenvalue weighted by Gasteiger charge is -2.16. The first kappa shape index (κ1) is 15.7. The summed E-state index contributed by atoms with van der Waals surface area (Å²) in [6.45, 7) is 8.21. The SMILES string of the molecule is CCCC(NC(=O)OCC(C)C)C(=O)OCC. The number of carbonyl (C=O) groups excluding carboxylic acids is 2. The minimum atomic E-state index is -0.611. The highest BCUT2D eigenvalue weighted by atomic mass is 16.6. The molecule has 0 rings (SSSR count). The van der Waals surface area contributed by atoms with Gasteiger partial charge in [-0.05, 0) is 19.3 Å². The van der Waals surface area contributed by atoms with Crippen LogP contribution in [0.3, 0.4) is 0 Å². The number of hydrogen-bond donors (Lipinski definition) is 1. The van der Waals surface area contributed by atoms with Gasteiger partial charge in [-0.25, -0.2) is 9.59 Å². The fraction of sp³-hybridized carbons (Fsp3) is 0.833. The Kier molecular flexibility index (Phi) is 8.19. The Bertz CT molecular complexity index is 241. The van der Waals surface area contributed by atoms with E-state index in [-0.39, 0.29) is 5.92 Å². The zero-order valence-corrected chi connectivity index (χ0v) is 11.1. The molecular weight excluding hydrogens is 222 g/mol. The Labute approximate surface area is 103 Å². The molecule has 0 spiro atoms. The molecule has 0 saturated heterocycles. The Morgan fingerprint density at radius 3 is 2.29 bits per heavy atom. The summed E-state index contributed by atoms with van der Waals surface area (Å²) < 4.78 is 9.82. The quantitative estimate of drug-likeness (QED) is 0.698. The third-order valence-electron chi connectivity index (χ3n) is 1.99. The summed E-state index contributed by atoms with van der Waals surface area (Å²) in [4.78, 5) is 22.9. The maximum absolute atomic E-state index is 11.5. The summed E-state index contributed by atoms with van der Waals surface area (Å²) in [5, 5.41) is 2.52. The van der Waals surface area contributed by atoms with E-state index >= 15 is 0 Å². The largest absolute Gasteiger partial charge is 0.464 e. The number of rotatable bonds is 7. The summed E-state index contributed by atoms with van der Waals surface area (Å²) in [6, 6.07) is -0.611. The van der Waals surface area contributed by atoms with Crippen LogP contribution in [0.5, 0.6) is 0 Å². The van der Waals surface area contributed by atoms with E-state index in [4.69, 9.17) is 9.47 Å². The molecule has 0 aliphatic rings. The van der Waals surface area contributed by atoms with Crippen molar-refractivity contribution in [1.29, 1.82) is 0 Å². The van der Waals surface area contributed by atoms with Crippen molar-refractivity contribution in [1.82, 2.24) is 5.32 Å². The molecule has 1 amide bonds. The van der Waals surface area contributed by atoms with Crippen LogP contribution >= 0.6 is 0 Å². The van der Waals surface area contributed by atoms with E-state index in [1.54, 1.807) is 6.92 Å². The smallest absolute Gasteiger partial charge is 0.407 e. The summed E-state index contributed by atoms with van der Waals surface area (Å²) in [7, 11) is 0. The monoisotopic (exact) mass is 245 g/mol. The second kappa shape index (κ2) is 8.84. The van der Waals surface area contributed by atoms with Gasteiger partial charge in [-0.3, -0.25) is 0 Å². The van der Waals surface area contributed by atoms with Crippen LogP contribution in [0, 0.1) is 5.92 Å². The molecule has 0 aromatic heterocycles. The zero-order valence-electron chi connectivity index (χ0n) is 11.1. The minimum Gasteiger partial charge on any atom is -0.464 e. The van der Waals surface area contributed by atoms with Gasteiger partial charge < -0.3 is 14.8 Å². The molecule has 1 unspecified atom stereocenters. The van der Waals surface area contributed by atoms with Crippen LogP contribution in [0.15, 0.2) is 0 Å². The van der Waals surface area contributed by atoms with Gasteiger partial charge in [0.1, 0.15) is 6.04 Å². The molecule has 0 saturated carbocycles. The predicted molar refractivity (Wildman–Crippen MR) is 64.7 cm³/mol. The van der Waals surface area contributed by atoms with E-state index in [1.165, 1.54) is 0 Å². The van der Waals surface area contributed by atoms with Gasteiger partial charge in [-0.15, -0.1) is 0 Å². The topological polar surface area (TPSA) is 64.6 Å². The Hall–Kier alpha value is -1.26. The lowest BCUT2D eigenvalue weighted by atomic mass is 10.2. The number of ether oxygens (including phenoxy) is 2. The molecule has 5 nitrogen and oxygen atoms in total. The number of alkyl carbamates (subject to hydrolysis) is 1. The van der Waals surface area contributed by atoms with Crippen LogP contribution < -0.4 is 5.32 Å². The third-order valence-corrected chi connectivity index (χ3v) is 1.99. The Balaban J connectivity index is 4.14. The summed E-state index contributed by atoms with van der Waals surface area (Å²) in [5.41, 5.74) is 0. The van der Waals surface area contributed by atoms with E-state index in [9.17, 15) is 9.59 Å². The van der Waals surface area contributed by atoms with Crippen molar-refractivity contribution >= 4 is 12.1 Å². The predicted octanol–water partition coefficient (Wildman–Crippen LogP) is 2.10. The first-order chi connectivity index (χ1) is 8.01. The van der Waals surface area contributed by atoms with Gasteiger partial charge >= 0.3 is 12.1 Å². The standard InChI is InChI=1S/C12H23NO4/c1-5-7-10(11(14)16-6-2)13-12(15)17-8-9(3)4/h9-10H,5-8H2,1-4H3,(H,13,15). The van der Waals surface area contributed by atoms with E-state index < -0.39 is 18.1 Å². The maximum Gasteiger partial charge on any atom is 0.407 e. The molecule has 0 heterocycles. The van der Waals surface area contributed by atoms with Crippen LogP contribution in [-0.4, -0.2) is 31.3 Å². The van der Waals surface area contributed by atoms with Crippen LogP contribution in [0.1, 0.15) is 40.5 Å². The first-order valence-corrected chi connectivity index (χ1v) is 6.11. The third kappa shape index (κ3) is 7.60. The van der Waals surface area contributed by atoms with Gasteiger partial charge in [0.15, 0.2) is 0 Å². The second-order valence-corrected chi connectivity index (χ2v) is 4.23. The number of carbonyl (C=O) groups is 2. The van der Waals surface area contributed by atoms with Gasteiger partial charge in [-0.2, -0.15) is 0 Å². The second-order valence-electron chi connectivity index (χ2n) is 4.23. The fourth-order valence-electron chi connectivity index (χ4n) is 1.21. The van der Waals surface area contributed by atoms with Crippen molar-refractivity contribution in [2.75, 3.05) is 13.2 Å². The first-order valence-electron chi connectivity index (χ1n) is 6.11. The van der Waals surface area contributed by atoms with Crippen molar-refractivity contribution in [2.45, 2.75) is 46.6 Å². The minimum absolute atomic E-state index is 0.271. The highest BCUT2D eigenvalue weighted by Crippen LogP contribution is 2.01. The molecule has 0 aromatic carbocycles. The Morgan fingerprint density at radius 2 is 1.82 bits per heavy atom. The van der Waals surface area contributed by atoms with Crippen LogP contribution in [0.4, 0.5) is 4.79 Å². The van der Waals surface area contributed by atoms with Gasteiger partial charge in [0, 0.05) is 0 Å². The molecule has 5 heteroatoms. The van der Waals surface area contributed by atoms with Gasteiger partial charge in [0.2, 0.25) is 0 Å². The molecule has 0 aromatic rings.